The number of oxime groups is 1. The summed E-state index contributed by atoms with van der Waals surface area (Å²) < 4.78 is 5.12. The molecule has 4 rings (SSSR count). The molecular weight excluding hydrogens is 360 g/mol. The Kier molecular flexibility index (Phi) is 5.11. The van der Waals surface area contributed by atoms with Gasteiger partial charge in [0.25, 0.3) is 5.91 Å². The van der Waals surface area contributed by atoms with Gasteiger partial charge in [0.1, 0.15) is 11.5 Å². The molecule has 1 aromatic carbocycles. The molecule has 3 aliphatic heterocycles. The number of carbonyl (C=O) groups is 2. The quantitative estimate of drug-likeness (QED) is 0.865. The number of ether oxygens (including phenoxy) is 1. The van der Waals surface area contributed by atoms with Gasteiger partial charge in [0, 0.05) is 31.7 Å². The van der Waals surface area contributed by atoms with Crippen LogP contribution >= 0.6 is 0 Å². The largest absolute Gasteiger partial charge is 0.497 e. The lowest BCUT2D eigenvalue weighted by Gasteiger charge is -2.39. The van der Waals surface area contributed by atoms with Crippen molar-refractivity contribution in [1.82, 2.24) is 9.80 Å². The van der Waals surface area contributed by atoms with Gasteiger partial charge in [0.05, 0.1) is 13.7 Å². The van der Waals surface area contributed by atoms with E-state index >= 15 is 0 Å². The highest BCUT2D eigenvalue weighted by molar-refractivity contribution is 6.43. The number of hydrogen-bond donors (Lipinski definition) is 1. The molecule has 1 unspecified atom stereocenters. The van der Waals surface area contributed by atoms with Crippen LogP contribution in [0.2, 0.25) is 0 Å². The Morgan fingerprint density at radius 3 is 2.54 bits per heavy atom. The van der Waals surface area contributed by atoms with Crippen molar-refractivity contribution in [3.63, 3.8) is 0 Å². The molecule has 1 spiro atoms. The molecular formula is C20H26N4O4. The predicted molar refractivity (Wildman–Crippen MR) is 105 cm³/mol. The molecule has 8 heteroatoms. The normalized spacial score (nSPS) is 24.1. The lowest BCUT2D eigenvalue weighted by molar-refractivity contribution is -0.110. The molecule has 3 aliphatic rings. The van der Waals surface area contributed by atoms with Crippen LogP contribution in [0, 0.1) is 0 Å². The zero-order valence-corrected chi connectivity index (χ0v) is 16.1. The zero-order valence-electron chi connectivity index (χ0n) is 16.1. The monoisotopic (exact) mass is 386 g/mol. The van der Waals surface area contributed by atoms with Crippen molar-refractivity contribution in [3.05, 3.63) is 24.3 Å². The first-order chi connectivity index (χ1) is 13.6. The van der Waals surface area contributed by atoms with Crippen LogP contribution in [0.1, 0.15) is 32.1 Å². The molecule has 0 aromatic heterocycles. The third-order valence-electron chi connectivity index (χ3n) is 5.64. The smallest absolute Gasteiger partial charge is 0.320 e. The van der Waals surface area contributed by atoms with Gasteiger partial charge in [-0.05, 0) is 49.9 Å². The maximum Gasteiger partial charge on any atom is 0.320 e. The number of nitrogens with one attached hydrogen (secondary N) is 1. The second kappa shape index (κ2) is 7.69. The van der Waals surface area contributed by atoms with Crippen LogP contribution in [0.5, 0.6) is 5.75 Å². The molecule has 2 saturated heterocycles. The predicted octanol–water partition coefficient (Wildman–Crippen LogP) is 2.46. The van der Waals surface area contributed by atoms with Crippen molar-refractivity contribution in [2.75, 3.05) is 38.6 Å². The lowest BCUT2D eigenvalue weighted by Crippen LogP contribution is -2.53. The van der Waals surface area contributed by atoms with Crippen LogP contribution in [-0.2, 0) is 9.63 Å². The van der Waals surface area contributed by atoms with Crippen LogP contribution in [0.3, 0.4) is 0 Å². The Morgan fingerprint density at radius 1 is 1.11 bits per heavy atom. The molecule has 8 nitrogen and oxygen atoms in total. The molecule has 1 aromatic rings. The lowest BCUT2D eigenvalue weighted by atomic mass is 9.88. The van der Waals surface area contributed by atoms with Gasteiger partial charge in [-0.2, -0.15) is 0 Å². The van der Waals surface area contributed by atoms with E-state index in [0.717, 1.165) is 51.1 Å². The highest BCUT2D eigenvalue weighted by Gasteiger charge is 2.46. The Hall–Kier alpha value is -2.77. The average Bonchev–Trinajstić information content (AvgIpc) is 3.39. The van der Waals surface area contributed by atoms with Gasteiger partial charge in [0.15, 0.2) is 5.60 Å². The van der Waals surface area contributed by atoms with Crippen molar-refractivity contribution >= 4 is 23.3 Å². The number of carbonyl (C=O) groups excluding carboxylic acids is 2. The SMILES string of the molecule is COc1ccc(NC(=O)C2=NOC3(CCCN(C(=O)N4CCCC4)C3)C2)cc1. The Labute approximate surface area is 164 Å². The van der Waals surface area contributed by atoms with E-state index < -0.39 is 5.60 Å². The summed E-state index contributed by atoms with van der Waals surface area (Å²) in [6.07, 6.45) is 4.20. The van der Waals surface area contributed by atoms with E-state index in [1.807, 2.05) is 9.80 Å². The van der Waals surface area contributed by atoms with E-state index in [4.69, 9.17) is 9.57 Å². The molecule has 0 saturated carbocycles. The first-order valence-corrected chi connectivity index (χ1v) is 9.83. The maximum absolute atomic E-state index is 12.7. The summed E-state index contributed by atoms with van der Waals surface area (Å²) in [6, 6.07) is 7.20. The molecule has 0 aliphatic carbocycles. The molecule has 150 valence electrons. The van der Waals surface area contributed by atoms with E-state index in [2.05, 4.69) is 10.5 Å². The highest BCUT2D eigenvalue weighted by Crippen LogP contribution is 2.34. The first kappa shape index (κ1) is 18.6. The molecule has 1 atom stereocenters. The summed E-state index contributed by atoms with van der Waals surface area (Å²) in [5.74, 6) is 0.452. The molecule has 0 radical (unpaired) electrons. The Morgan fingerprint density at radius 2 is 1.82 bits per heavy atom. The minimum atomic E-state index is -0.583. The fraction of sp³-hybridized carbons (Fsp3) is 0.550. The van der Waals surface area contributed by atoms with Gasteiger partial charge in [-0.15, -0.1) is 0 Å². The second-order valence-electron chi connectivity index (χ2n) is 7.67. The summed E-state index contributed by atoms with van der Waals surface area (Å²) >= 11 is 0. The van der Waals surface area contributed by atoms with Gasteiger partial charge < -0.3 is 24.7 Å². The van der Waals surface area contributed by atoms with E-state index in [9.17, 15) is 9.59 Å². The molecule has 0 bridgehead atoms. The molecule has 1 N–H and O–H groups in total. The molecule has 2 fully saturated rings. The molecule has 3 heterocycles. The summed E-state index contributed by atoms with van der Waals surface area (Å²) in [6.45, 7) is 2.86. The number of anilines is 1. The van der Waals surface area contributed by atoms with Crippen LogP contribution in [0.4, 0.5) is 10.5 Å². The van der Waals surface area contributed by atoms with Gasteiger partial charge >= 0.3 is 6.03 Å². The van der Waals surface area contributed by atoms with Gasteiger partial charge in [-0.3, -0.25) is 4.79 Å². The van der Waals surface area contributed by atoms with Crippen LogP contribution in [0.15, 0.2) is 29.4 Å². The number of nitrogens with zero attached hydrogens (tertiary/aromatic N) is 3. The van der Waals surface area contributed by atoms with Crippen molar-refractivity contribution in [2.24, 2.45) is 5.16 Å². The van der Waals surface area contributed by atoms with E-state index in [1.54, 1.807) is 31.4 Å². The summed E-state index contributed by atoms with van der Waals surface area (Å²) in [5, 5.41) is 6.90. The average molecular weight is 386 g/mol. The van der Waals surface area contributed by atoms with Crippen LogP contribution in [0.25, 0.3) is 0 Å². The van der Waals surface area contributed by atoms with Crippen molar-refractivity contribution < 1.29 is 19.2 Å². The number of amides is 3. The number of likely N-dealkylation sites (tertiary alicyclic amines) is 2. The highest BCUT2D eigenvalue weighted by atomic mass is 16.7. The number of urea groups is 1. The fourth-order valence-corrected chi connectivity index (χ4v) is 4.11. The minimum Gasteiger partial charge on any atom is -0.497 e. The van der Waals surface area contributed by atoms with Gasteiger partial charge in [-0.1, -0.05) is 5.16 Å². The maximum atomic E-state index is 12.7. The third kappa shape index (κ3) is 3.76. The zero-order chi connectivity index (χ0) is 19.6. The number of hydrogen-bond acceptors (Lipinski definition) is 5. The first-order valence-electron chi connectivity index (χ1n) is 9.83. The van der Waals surface area contributed by atoms with Crippen LogP contribution < -0.4 is 10.1 Å². The third-order valence-corrected chi connectivity index (χ3v) is 5.64. The van der Waals surface area contributed by atoms with Crippen molar-refractivity contribution in [1.29, 1.82) is 0 Å². The summed E-state index contributed by atoms with van der Waals surface area (Å²) in [4.78, 5) is 34.8. The number of methoxy groups -OCH3 is 1. The number of rotatable bonds is 3. The summed E-state index contributed by atoms with van der Waals surface area (Å²) in [7, 11) is 1.60. The minimum absolute atomic E-state index is 0.0799. The Balaban J connectivity index is 1.36. The fourth-order valence-electron chi connectivity index (χ4n) is 4.11. The van der Waals surface area contributed by atoms with Crippen molar-refractivity contribution in [3.8, 4) is 5.75 Å². The van der Waals surface area contributed by atoms with Gasteiger partial charge in [0.2, 0.25) is 0 Å². The van der Waals surface area contributed by atoms with E-state index in [1.165, 1.54) is 0 Å². The van der Waals surface area contributed by atoms with E-state index in [0.29, 0.717) is 24.4 Å². The Bertz CT molecular complexity index is 773. The molecule has 28 heavy (non-hydrogen) atoms. The van der Waals surface area contributed by atoms with Crippen molar-refractivity contribution in [2.45, 2.75) is 37.7 Å². The number of benzene rings is 1. The van der Waals surface area contributed by atoms with E-state index in [-0.39, 0.29) is 11.9 Å². The summed E-state index contributed by atoms with van der Waals surface area (Å²) in [5.41, 5.74) is 0.454. The standard InChI is InChI=1S/C20H26N4O4/c1-27-16-7-5-15(6-8-16)21-18(25)17-13-20(28-22-17)9-4-12-24(14-20)19(26)23-10-2-3-11-23/h5-8H,2-4,9-14H2,1H3,(H,21,25). The number of piperidine rings is 1. The topological polar surface area (TPSA) is 83.5 Å². The van der Waals surface area contributed by atoms with Crippen LogP contribution in [-0.4, -0.2) is 66.3 Å². The van der Waals surface area contributed by atoms with Gasteiger partial charge in [-0.25, -0.2) is 4.79 Å². The second-order valence-corrected chi connectivity index (χ2v) is 7.67. The molecule has 3 amide bonds.